The fourth-order valence-electron chi connectivity index (χ4n) is 2.05. The largest absolute Gasteiger partial charge is 0.253 e. The first-order valence-electron chi connectivity index (χ1n) is 7.69. The van der Waals surface area contributed by atoms with Crippen LogP contribution in [0, 0.1) is 0 Å². The van der Waals surface area contributed by atoms with E-state index in [1.807, 2.05) is 54.6 Å². The highest BCUT2D eigenvalue weighted by atomic mass is 79.9. The molecular weight excluding hydrogens is 550 g/mol. The molecule has 9 heteroatoms. The summed E-state index contributed by atoms with van der Waals surface area (Å²) in [6.45, 7) is 0. The second kappa shape index (κ2) is 9.02. The van der Waals surface area contributed by atoms with Crippen molar-refractivity contribution in [1.82, 2.24) is 4.31 Å². The molecule has 0 aliphatic carbocycles. The van der Waals surface area contributed by atoms with E-state index >= 15 is 0 Å². The monoisotopic (exact) mass is 563 g/mol. The van der Waals surface area contributed by atoms with Crippen molar-refractivity contribution in [2.45, 2.75) is 23.1 Å². The van der Waals surface area contributed by atoms with Gasteiger partial charge in [0, 0.05) is 37.7 Å². The van der Waals surface area contributed by atoms with Gasteiger partial charge in [0.15, 0.2) is 0 Å². The molecule has 27 heavy (non-hydrogen) atoms. The molecule has 3 aromatic rings. The Kier molecular flexibility index (Phi) is 7.16. The van der Waals surface area contributed by atoms with E-state index in [2.05, 4.69) is 31.9 Å². The molecule has 0 saturated carbocycles. The molecule has 0 radical (unpaired) electrons. The van der Waals surface area contributed by atoms with Gasteiger partial charge < -0.3 is 0 Å². The minimum Gasteiger partial charge on any atom is -0.206 e. The number of rotatable bonds is 6. The van der Waals surface area contributed by atoms with Crippen LogP contribution in [0.25, 0.3) is 0 Å². The summed E-state index contributed by atoms with van der Waals surface area (Å²) in [5.41, 5.74) is 0. The Labute approximate surface area is 188 Å². The third kappa shape index (κ3) is 5.41. The van der Waals surface area contributed by atoms with E-state index in [-0.39, 0.29) is 0 Å². The minimum absolute atomic E-state index is 0.375. The van der Waals surface area contributed by atoms with Crippen LogP contribution in [0.2, 0.25) is 0 Å². The molecule has 0 aliphatic rings. The molecule has 2 aromatic carbocycles. The van der Waals surface area contributed by atoms with Crippen LogP contribution in [-0.4, -0.2) is 26.8 Å². The van der Waals surface area contributed by atoms with Gasteiger partial charge >= 0.3 is 0 Å². The predicted octanol–water partition coefficient (Wildman–Crippen LogP) is 6.83. The van der Waals surface area contributed by atoms with Crippen molar-refractivity contribution in [2.75, 3.05) is 14.1 Å². The summed E-state index contributed by atoms with van der Waals surface area (Å²) in [7, 11) is -0.393. The van der Waals surface area contributed by atoms with Crippen LogP contribution in [0.1, 0.15) is 0 Å². The van der Waals surface area contributed by atoms with Gasteiger partial charge in [-0.05, 0) is 54.6 Å². The first-order chi connectivity index (χ1) is 12.8. The maximum absolute atomic E-state index is 12.8. The topological polar surface area (TPSA) is 37.4 Å². The number of hydrogen-bond donors (Lipinski definition) is 0. The summed E-state index contributed by atoms with van der Waals surface area (Å²) in [4.78, 5) is 2.80. The number of halogens is 2. The Morgan fingerprint density at radius 2 is 1.33 bits per heavy atom. The summed E-state index contributed by atoms with van der Waals surface area (Å²) >= 11 is 11.2. The summed E-state index contributed by atoms with van der Waals surface area (Å²) < 4.78 is 30.2. The van der Waals surface area contributed by atoms with E-state index in [4.69, 9.17) is 0 Å². The van der Waals surface area contributed by atoms with E-state index in [9.17, 15) is 8.42 Å². The molecule has 0 saturated heterocycles. The molecule has 0 bridgehead atoms. The number of thiophene rings is 1. The van der Waals surface area contributed by atoms with Crippen molar-refractivity contribution in [3.05, 3.63) is 63.5 Å². The average Bonchev–Trinajstić information content (AvgIpc) is 3.02. The van der Waals surface area contributed by atoms with Gasteiger partial charge in [-0.15, -0.1) is 11.3 Å². The van der Waals surface area contributed by atoms with Crippen LogP contribution in [0.5, 0.6) is 0 Å². The van der Waals surface area contributed by atoms with Crippen molar-refractivity contribution in [2.24, 2.45) is 0 Å². The highest BCUT2D eigenvalue weighted by molar-refractivity contribution is 9.10. The van der Waals surface area contributed by atoms with Crippen LogP contribution in [-0.2, 0) is 10.0 Å². The molecule has 0 spiro atoms. The SMILES string of the molecule is CN(C)S(=O)(=O)c1sc(Sc2ccc(Br)cc2)cc1Sc1ccc(Br)cc1. The Hall–Kier alpha value is -0.290. The maximum atomic E-state index is 12.8. The number of hydrogen-bond acceptors (Lipinski definition) is 5. The second-order valence-corrected chi connectivity index (χ2v) is 13.3. The standard InChI is InChI=1S/C18H15Br2NO2S4/c1-21(2)27(22,23)18-16(24-14-7-3-12(19)4-8-14)11-17(26-18)25-15-9-5-13(20)6-10-15/h3-11H,1-2H3. The average molecular weight is 565 g/mol. The zero-order valence-electron chi connectivity index (χ0n) is 14.3. The third-order valence-electron chi connectivity index (χ3n) is 3.43. The van der Waals surface area contributed by atoms with Crippen molar-refractivity contribution < 1.29 is 8.42 Å². The second-order valence-electron chi connectivity index (χ2n) is 5.62. The van der Waals surface area contributed by atoms with E-state index in [1.54, 1.807) is 25.9 Å². The first kappa shape index (κ1) is 21.4. The molecular formula is C18H15Br2NO2S4. The highest BCUT2D eigenvalue weighted by Crippen LogP contribution is 2.44. The van der Waals surface area contributed by atoms with Gasteiger partial charge in [0.2, 0.25) is 0 Å². The smallest absolute Gasteiger partial charge is 0.206 e. The van der Waals surface area contributed by atoms with Crippen LogP contribution >= 0.6 is 66.7 Å². The number of nitrogens with zero attached hydrogens (tertiary/aromatic N) is 1. The van der Waals surface area contributed by atoms with Gasteiger partial charge in [-0.1, -0.05) is 55.4 Å². The zero-order chi connectivity index (χ0) is 19.6. The first-order valence-corrected chi connectivity index (χ1v) is 13.2. The fraction of sp³-hybridized carbons (Fsp3) is 0.111. The molecule has 1 aromatic heterocycles. The molecule has 3 rings (SSSR count). The van der Waals surface area contributed by atoms with Crippen LogP contribution in [0.3, 0.4) is 0 Å². The quantitative estimate of drug-likeness (QED) is 0.329. The Morgan fingerprint density at radius 3 is 1.81 bits per heavy atom. The molecule has 3 nitrogen and oxygen atoms in total. The van der Waals surface area contributed by atoms with E-state index in [1.165, 1.54) is 27.4 Å². The molecule has 0 N–H and O–H groups in total. The van der Waals surface area contributed by atoms with Crippen LogP contribution in [0.4, 0.5) is 0 Å². The summed E-state index contributed by atoms with van der Waals surface area (Å²) in [6, 6.07) is 17.8. The molecule has 0 fully saturated rings. The van der Waals surface area contributed by atoms with Gasteiger partial charge in [0.25, 0.3) is 10.0 Å². The molecule has 0 atom stereocenters. The fourth-order valence-corrected chi connectivity index (χ4v) is 8.05. The van der Waals surface area contributed by atoms with Crippen LogP contribution < -0.4 is 0 Å². The zero-order valence-corrected chi connectivity index (χ0v) is 20.8. The lowest BCUT2D eigenvalue weighted by molar-refractivity contribution is 0.521. The van der Waals surface area contributed by atoms with Crippen molar-refractivity contribution >= 4 is 76.7 Å². The molecule has 0 amide bonds. The van der Waals surface area contributed by atoms with Gasteiger partial charge in [-0.25, -0.2) is 12.7 Å². The maximum Gasteiger partial charge on any atom is 0.253 e. The van der Waals surface area contributed by atoms with Gasteiger partial charge in [0.1, 0.15) is 4.21 Å². The molecule has 1 heterocycles. The van der Waals surface area contributed by atoms with Gasteiger partial charge in [0.05, 0.1) is 4.21 Å². The van der Waals surface area contributed by atoms with Crippen molar-refractivity contribution in [3.8, 4) is 0 Å². The van der Waals surface area contributed by atoms with E-state index in [0.29, 0.717) is 4.21 Å². The lowest BCUT2D eigenvalue weighted by Gasteiger charge is -2.11. The summed E-state index contributed by atoms with van der Waals surface area (Å²) in [5, 5.41) is 0. The Morgan fingerprint density at radius 1 is 0.852 bits per heavy atom. The van der Waals surface area contributed by atoms with Crippen molar-refractivity contribution in [3.63, 3.8) is 0 Å². The highest BCUT2D eigenvalue weighted by Gasteiger charge is 2.25. The number of benzene rings is 2. The molecule has 0 aliphatic heterocycles. The Bertz CT molecular complexity index is 1030. The number of sulfonamides is 1. The summed E-state index contributed by atoms with van der Waals surface area (Å²) in [6.07, 6.45) is 0. The Balaban J connectivity index is 1.97. The molecule has 142 valence electrons. The lowest BCUT2D eigenvalue weighted by atomic mass is 10.4. The summed E-state index contributed by atoms with van der Waals surface area (Å²) in [5.74, 6) is 0. The van der Waals surface area contributed by atoms with Crippen molar-refractivity contribution in [1.29, 1.82) is 0 Å². The van der Waals surface area contributed by atoms with E-state index < -0.39 is 10.0 Å². The third-order valence-corrected chi connectivity index (χ3v) is 10.4. The van der Waals surface area contributed by atoms with Crippen LogP contribution in [0.15, 0.2) is 86.6 Å². The predicted molar refractivity (Wildman–Crippen MR) is 122 cm³/mol. The van der Waals surface area contributed by atoms with Gasteiger partial charge in [-0.3, -0.25) is 0 Å². The van der Waals surface area contributed by atoms with Gasteiger partial charge in [-0.2, -0.15) is 0 Å². The van der Waals surface area contributed by atoms with E-state index in [0.717, 1.165) is 27.8 Å². The minimum atomic E-state index is -3.51. The normalized spacial score (nSPS) is 11.9. The lowest BCUT2D eigenvalue weighted by Crippen LogP contribution is -2.21. The molecule has 0 unspecified atom stereocenters.